The van der Waals surface area contributed by atoms with Crippen LogP contribution in [0.3, 0.4) is 0 Å². The number of hydrogen-bond acceptors (Lipinski definition) is 3. The number of piperazine rings is 1. The third-order valence-corrected chi connectivity index (χ3v) is 3.52. The summed E-state index contributed by atoms with van der Waals surface area (Å²) < 4.78 is 0. The van der Waals surface area contributed by atoms with Crippen LogP contribution in [0.25, 0.3) is 0 Å². The predicted molar refractivity (Wildman–Crippen MR) is 71.0 cm³/mol. The molecule has 4 nitrogen and oxygen atoms in total. The van der Waals surface area contributed by atoms with Crippen LogP contribution in [-0.2, 0) is 4.79 Å². The number of carbonyl (C=O) groups excluding carboxylic acids is 1. The number of nitrogens with zero attached hydrogens (tertiary/aromatic N) is 2. The SMILES string of the molecule is CCN1CCN(C(C)(C)C=CC(=O)NC)CC1. The van der Waals surface area contributed by atoms with Gasteiger partial charge >= 0.3 is 0 Å². The van der Waals surface area contributed by atoms with Crippen LogP contribution in [0.2, 0.25) is 0 Å². The molecule has 1 fully saturated rings. The summed E-state index contributed by atoms with van der Waals surface area (Å²) in [5.74, 6) is -0.0368. The molecule has 4 heteroatoms. The van der Waals surface area contributed by atoms with E-state index in [9.17, 15) is 4.79 Å². The van der Waals surface area contributed by atoms with Gasteiger partial charge in [0.2, 0.25) is 5.91 Å². The minimum Gasteiger partial charge on any atom is -0.356 e. The first kappa shape index (κ1) is 14.2. The topological polar surface area (TPSA) is 35.6 Å². The lowest BCUT2D eigenvalue weighted by atomic mass is 10.0. The molecule has 0 aromatic rings. The van der Waals surface area contributed by atoms with E-state index in [1.165, 1.54) is 0 Å². The third-order valence-electron chi connectivity index (χ3n) is 3.52. The lowest BCUT2D eigenvalue weighted by Gasteiger charge is -2.42. The lowest BCUT2D eigenvalue weighted by molar-refractivity contribution is -0.116. The van der Waals surface area contributed by atoms with Crippen molar-refractivity contribution >= 4 is 5.91 Å². The highest BCUT2D eigenvalue weighted by Crippen LogP contribution is 2.18. The second-order valence-electron chi connectivity index (χ2n) is 5.02. The molecule has 1 saturated heterocycles. The van der Waals surface area contributed by atoms with Gasteiger partial charge in [-0.1, -0.05) is 13.0 Å². The molecule has 1 aliphatic rings. The number of likely N-dealkylation sites (N-methyl/N-ethyl adjacent to an activating group) is 2. The summed E-state index contributed by atoms with van der Waals surface area (Å²) in [5, 5.41) is 2.60. The van der Waals surface area contributed by atoms with Crippen LogP contribution in [-0.4, -0.2) is 61.0 Å². The Balaban J connectivity index is 2.53. The van der Waals surface area contributed by atoms with E-state index in [0.717, 1.165) is 32.7 Å². The van der Waals surface area contributed by atoms with E-state index in [1.807, 2.05) is 6.08 Å². The Hall–Kier alpha value is -0.870. The summed E-state index contributed by atoms with van der Waals surface area (Å²) in [7, 11) is 1.65. The predicted octanol–water partition coefficient (Wildman–Crippen LogP) is 0.705. The fraction of sp³-hybridized carbons (Fsp3) is 0.769. The van der Waals surface area contributed by atoms with Gasteiger partial charge in [0.1, 0.15) is 0 Å². The van der Waals surface area contributed by atoms with E-state index < -0.39 is 0 Å². The molecule has 1 heterocycles. The first-order valence-corrected chi connectivity index (χ1v) is 6.38. The van der Waals surface area contributed by atoms with E-state index in [-0.39, 0.29) is 11.4 Å². The molecule has 0 atom stereocenters. The van der Waals surface area contributed by atoms with Gasteiger partial charge in [0.05, 0.1) is 0 Å². The first-order valence-electron chi connectivity index (χ1n) is 6.38. The summed E-state index contributed by atoms with van der Waals surface area (Å²) in [6, 6.07) is 0. The zero-order valence-corrected chi connectivity index (χ0v) is 11.5. The van der Waals surface area contributed by atoms with Crippen molar-refractivity contribution in [3.63, 3.8) is 0 Å². The molecule has 0 spiro atoms. The third kappa shape index (κ3) is 4.13. The Labute approximate surface area is 105 Å². The average Bonchev–Trinajstić information content (AvgIpc) is 2.36. The molecule has 17 heavy (non-hydrogen) atoms. The fourth-order valence-corrected chi connectivity index (χ4v) is 2.11. The van der Waals surface area contributed by atoms with Crippen LogP contribution in [0.4, 0.5) is 0 Å². The zero-order chi connectivity index (χ0) is 12.9. The molecule has 0 aromatic carbocycles. The maximum absolute atomic E-state index is 11.2. The van der Waals surface area contributed by atoms with Crippen molar-refractivity contribution in [3.8, 4) is 0 Å². The van der Waals surface area contributed by atoms with Crippen molar-refractivity contribution < 1.29 is 4.79 Å². The van der Waals surface area contributed by atoms with Gasteiger partial charge in [0.25, 0.3) is 0 Å². The normalized spacial score (nSPS) is 19.8. The summed E-state index contributed by atoms with van der Waals surface area (Å²) in [6.07, 6.45) is 3.62. The zero-order valence-electron chi connectivity index (χ0n) is 11.5. The molecule has 0 aliphatic carbocycles. The molecule has 0 bridgehead atoms. The van der Waals surface area contributed by atoms with Gasteiger partial charge in [-0.3, -0.25) is 9.69 Å². The Bertz CT molecular complexity index is 278. The van der Waals surface area contributed by atoms with Gasteiger partial charge in [-0.25, -0.2) is 0 Å². The first-order chi connectivity index (χ1) is 7.99. The fourth-order valence-electron chi connectivity index (χ4n) is 2.11. The van der Waals surface area contributed by atoms with Gasteiger partial charge in [-0.15, -0.1) is 0 Å². The molecule has 0 saturated carbocycles. The van der Waals surface area contributed by atoms with Crippen LogP contribution < -0.4 is 5.32 Å². The van der Waals surface area contributed by atoms with Crippen molar-refractivity contribution in [2.24, 2.45) is 0 Å². The standard InChI is InChI=1S/C13H25N3O/c1-5-15-8-10-16(11-9-15)13(2,3)7-6-12(17)14-4/h6-7H,5,8-11H2,1-4H3,(H,14,17). The van der Waals surface area contributed by atoms with Gasteiger partial charge in [0, 0.05) is 44.8 Å². The van der Waals surface area contributed by atoms with Gasteiger partial charge in [-0.05, 0) is 20.4 Å². The van der Waals surface area contributed by atoms with E-state index in [1.54, 1.807) is 13.1 Å². The molecule has 1 N–H and O–H groups in total. The van der Waals surface area contributed by atoms with Gasteiger partial charge in [0.15, 0.2) is 0 Å². The lowest BCUT2D eigenvalue weighted by Crippen LogP contribution is -2.53. The van der Waals surface area contributed by atoms with Crippen molar-refractivity contribution in [1.82, 2.24) is 15.1 Å². The number of carbonyl (C=O) groups is 1. The van der Waals surface area contributed by atoms with Crippen molar-refractivity contribution in [3.05, 3.63) is 12.2 Å². The highest BCUT2D eigenvalue weighted by Gasteiger charge is 2.27. The molecule has 1 rings (SSSR count). The highest BCUT2D eigenvalue weighted by molar-refractivity contribution is 5.87. The number of rotatable bonds is 4. The minimum atomic E-state index is -0.0493. The second-order valence-corrected chi connectivity index (χ2v) is 5.02. The monoisotopic (exact) mass is 239 g/mol. The smallest absolute Gasteiger partial charge is 0.243 e. The number of nitrogens with one attached hydrogen (secondary N) is 1. The van der Waals surface area contributed by atoms with E-state index in [2.05, 4.69) is 35.9 Å². The molecular formula is C13H25N3O. The quantitative estimate of drug-likeness (QED) is 0.734. The summed E-state index contributed by atoms with van der Waals surface area (Å²) in [6.45, 7) is 12.0. The van der Waals surface area contributed by atoms with Gasteiger partial charge < -0.3 is 10.2 Å². The summed E-state index contributed by atoms with van der Waals surface area (Å²) >= 11 is 0. The molecule has 98 valence electrons. The minimum absolute atomic E-state index is 0.0368. The van der Waals surface area contributed by atoms with E-state index in [4.69, 9.17) is 0 Å². The van der Waals surface area contributed by atoms with Crippen molar-refractivity contribution in [2.45, 2.75) is 26.3 Å². The number of amides is 1. The summed E-state index contributed by atoms with van der Waals surface area (Å²) in [4.78, 5) is 16.1. The van der Waals surface area contributed by atoms with Crippen LogP contribution in [0.15, 0.2) is 12.2 Å². The van der Waals surface area contributed by atoms with Crippen LogP contribution in [0.1, 0.15) is 20.8 Å². The Morgan fingerprint density at radius 3 is 2.35 bits per heavy atom. The van der Waals surface area contributed by atoms with Crippen LogP contribution in [0.5, 0.6) is 0 Å². The molecule has 1 amide bonds. The number of hydrogen-bond donors (Lipinski definition) is 1. The molecule has 1 aliphatic heterocycles. The Morgan fingerprint density at radius 2 is 1.88 bits per heavy atom. The maximum atomic E-state index is 11.2. The van der Waals surface area contributed by atoms with E-state index >= 15 is 0 Å². The van der Waals surface area contributed by atoms with Gasteiger partial charge in [-0.2, -0.15) is 0 Å². The molecule has 0 unspecified atom stereocenters. The average molecular weight is 239 g/mol. The Morgan fingerprint density at radius 1 is 1.29 bits per heavy atom. The molecular weight excluding hydrogens is 214 g/mol. The van der Waals surface area contributed by atoms with E-state index in [0.29, 0.717) is 0 Å². The van der Waals surface area contributed by atoms with Crippen LogP contribution in [0, 0.1) is 0 Å². The summed E-state index contributed by atoms with van der Waals surface area (Å²) in [5.41, 5.74) is -0.0493. The highest BCUT2D eigenvalue weighted by atomic mass is 16.1. The van der Waals surface area contributed by atoms with Crippen molar-refractivity contribution in [1.29, 1.82) is 0 Å². The molecule has 0 aromatic heterocycles. The maximum Gasteiger partial charge on any atom is 0.243 e. The molecule has 0 radical (unpaired) electrons. The Kier molecular flexibility index (Phi) is 5.15. The van der Waals surface area contributed by atoms with Crippen LogP contribution >= 0.6 is 0 Å². The second kappa shape index (κ2) is 6.17. The van der Waals surface area contributed by atoms with Crippen molar-refractivity contribution in [2.75, 3.05) is 39.8 Å². The largest absolute Gasteiger partial charge is 0.356 e.